The van der Waals surface area contributed by atoms with Gasteiger partial charge in [-0.15, -0.1) is 0 Å². The average Bonchev–Trinajstić information content (AvgIpc) is 2.87. The van der Waals surface area contributed by atoms with Gasteiger partial charge in [-0.2, -0.15) is 17.5 Å². The third-order valence-electron chi connectivity index (χ3n) is 6.22. The minimum atomic E-state index is -4.82. The lowest BCUT2D eigenvalue weighted by Crippen LogP contribution is -2.53. The van der Waals surface area contributed by atoms with Gasteiger partial charge in [0.2, 0.25) is 21.8 Å². The van der Waals surface area contributed by atoms with Crippen molar-refractivity contribution >= 4 is 21.8 Å². The van der Waals surface area contributed by atoms with Crippen molar-refractivity contribution in [2.45, 2.75) is 49.3 Å². The van der Waals surface area contributed by atoms with Crippen LogP contribution in [0.1, 0.15) is 30.9 Å². The second-order valence-electron chi connectivity index (χ2n) is 8.82. The highest BCUT2D eigenvalue weighted by Gasteiger charge is 2.40. The van der Waals surface area contributed by atoms with Gasteiger partial charge in [0.1, 0.15) is 17.5 Å². The van der Waals surface area contributed by atoms with Crippen LogP contribution in [0.5, 0.6) is 11.5 Å². The van der Waals surface area contributed by atoms with E-state index < -0.39 is 50.6 Å². The van der Waals surface area contributed by atoms with Crippen molar-refractivity contribution in [2.75, 3.05) is 27.3 Å². The first-order valence-electron chi connectivity index (χ1n) is 11.8. The quantitative estimate of drug-likeness (QED) is 0.490. The van der Waals surface area contributed by atoms with E-state index in [1.807, 2.05) is 0 Å². The fraction of sp³-hybridized carbons (Fsp3) is 0.440. The van der Waals surface area contributed by atoms with Gasteiger partial charge in [0, 0.05) is 38.0 Å². The van der Waals surface area contributed by atoms with Gasteiger partial charge in [-0.1, -0.05) is 12.1 Å². The summed E-state index contributed by atoms with van der Waals surface area (Å²) in [6.45, 7) is 1.13. The molecule has 0 spiro atoms. The molecular weight excluding hydrogens is 527 g/mol. The van der Waals surface area contributed by atoms with E-state index in [9.17, 15) is 31.2 Å². The van der Waals surface area contributed by atoms with Crippen molar-refractivity contribution in [1.29, 1.82) is 0 Å². The molecule has 2 aromatic rings. The van der Waals surface area contributed by atoms with Gasteiger partial charge in [0.05, 0.1) is 24.7 Å². The van der Waals surface area contributed by atoms with Gasteiger partial charge in [-0.3, -0.25) is 9.59 Å². The predicted molar refractivity (Wildman–Crippen MR) is 132 cm³/mol. The molecule has 0 aliphatic carbocycles. The van der Waals surface area contributed by atoms with Crippen LogP contribution in [0.25, 0.3) is 0 Å². The molecule has 9 nitrogen and oxygen atoms in total. The smallest absolute Gasteiger partial charge is 0.417 e. The van der Waals surface area contributed by atoms with E-state index in [1.54, 1.807) is 18.2 Å². The highest BCUT2D eigenvalue weighted by molar-refractivity contribution is 7.89. The van der Waals surface area contributed by atoms with E-state index in [2.05, 4.69) is 10.6 Å². The number of halogens is 3. The number of benzene rings is 2. The Kier molecular flexibility index (Phi) is 9.26. The van der Waals surface area contributed by atoms with Crippen molar-refractivity contribution in [1.82, 2.24) is 14.9 Å². The van der Waals surface area contributed by atoms with E-state index in [4.69, 9.17) is 9.47 Å². The lowest BCUT2D eigenvalue weighted by Gasteiger charge is -2.33. The number of carbonyl (C=O) groups is 2. The molecular formula is C25H30F3N3O6S. The maximum atomic E-state index is 13.4. The van der Waals surface area contributed by atoms with Crippen molar-refractivity contribution in [2.24, 2.45) is 0 Å². The number of alkyl halides is 3. The number of piperidine rings is 1. The minimum absolute atomic E-state index is 0.0754. The highest BCUT2D eigenvalue weighted by atomic mass is 32.2. The number of ether oxygens (including phenoxy) is 2. The number of nitrogens with one attached hydrogen (secondary N) is 2. The van der Waals surface area contributed by atoms with Crippen molar-refractivity contribution in [3.63, 3.8) is 0 Å². The summed E-state index contributed by atoms with van der Waals surface area (Å²) in [6.07, 6.45) is -4.34. The number of methoxy groups -OCH3 is 2. The first-order valence-corrected chi connectivity index (χ1v) is 13.3. The second-order valence-corrected chi connectivity index (χ2v) is 10.7. The summed E-state index contributed by atoms with van der Waals surface area (Å²) in [5, 5.41) is 5.45. The molecule has 13 heteroatoms. The Morgan fingerprint density at radius 2 is 1.74 bits per heavy atom. The predicted octanol–water partition coefficient (Wildman–Crippen LogP) is 2.74. The fourth-order valence-electron chi connectivity index (χ4n) is 4.32. The van der Waals surface area contributed by atoms with Gasteiger partial charge >= 0.3 is 6.18 Å². The molecule has 1 saturated heterocycles. The van der Waals surface area contributed by atoms with Crippen molar-refractivity contribution < 1.29 is 40.7 Å². The lowest BCUT2D eigenvalue weighted by atomic mass is 10.0. The third-order valence-corrected chi connectivity index (χ3v) is 8.17. The summed E-state index contributed by atoms with van der Waals surface area (Å²) in [6, 6.07) is 7.75. The molecule has 2 amide bonds. The van der Waals surface area contributed by atoms with Gasteiger partial charge in [-0.05, 0) is 43.2 Å². The van der Waals surface area contributed by atoms with Crippen LogP contribution in [0, 0.1) is 0 Å². The monoisotopic (exact) mass is 557 g/mol. The first kappa shape index (κ1) is 29.2. The van der Waals surface area contributed by atoms with Crippen LogP contribution < -0.4 is 20.1 Å². The van der Waals surface area contributed by atoms with E-state index in [0.29, 0.717) is 17.1 Å². The van der Waals surface area contributed by atoms with Gasteiger partial charge < -0.3 is 20.1 Å². The number of rotatable bonds is 9. The zero-order valence-corrected chi connectivity index (χ0v) is 22.0. The number of amides is 2. The zero-order chi connectivity index (χ0) is 28.1. The molecule has 0 aromatic heterocycles. The van der Waals surface area contributed by atoms with Crippen LogP contribution in [0.3, 0.4) is 0 Å². The van der Waals surface area contributed by atoms with E-state index in [0.717, 1.165) is 22.5 Å². The molecule has 1 aliphatic heterocycles. The molecule has 3 rings (SSSR count). The Bertz CT molecular complexity index is 1260. The molecule has 1 fully saturated rings. The SMILES string of the molecule is COc1ccc(OC)c(C[C@H](NC(C)=O)C(=O)NC2CCN(S(=O)(=O)c3ccccc3C(F)(F)F)CC2)c1. The van der Waals surface area contributed by atoms with Gasteiger partial charge in [0.15, 0.2) is 0 Å². The number of hydrogen-bond donors (Lipinski definition) is 2. The molecule has 0 bridgehead atoms. The normalized spacial score (nSPS) is 15.9. The van der Waals surface area contributed by atoms with Crippen LogP contribution in [0.2, 0.25) is 0 Å². The van der Waals surface area contributed by atoms with Crippen LogP contribution in [-0.4, -0.2) is 63.9 Å². The third kappa shape index (κ3) is 6.95. The average molecular weight is 558 g/mol. The molecule has 2 N–H and O–H groups in total. The summed E-state index contributed by atoms with van der Waals surface area (Å²) < 4.78 is 77.7. The van der Waals surface area contributed by atoms with Crippen molar-refractivity contribution in [3.8, 4) is 11.5 Å². The van der Waals surface area contributed by atoms with E-state index in [-0.39, 0.29) is 32.4 Å². The molecule has 0 saturated carbocycles. The van der Waals surface area contributed by atoms with Gasteiger partial charge in [-0.25, -0.2) is 8.42 Å². The summed E-state index contributed by atoms with van der Waals surface area (Å²) >= 11 is 0. The molecule has 1 heterocycles. The van der Waals surface area contributed by atoms with Crippen LogP contribution in [0.15, 0.2) is 47.4 Å². The zero-order valence-electron chi connectivity index (χ0n) is 21.2. The number of sulfonamides is 1. The number of hydrogen-bond acceptors (Lipinski definition) is 6. The maximum absolute atomic E-state index is 13.4. The maximum Gasteiger partial charge on any atom is 0.417 e. The topological polar surface area (TPSA) is 114 Å². The van der Waals surface area contributed by atoms with Crippen molar-refractivity contribution in [3.05, 3.63) is 53.6 Å². The molecule has 208 valence electrons. The molecule has 0 radical (unpaired) electrons. The molecule has 38 heavy (non-hydrogen) atoms. The largest absolute Gasteiger partial charge is 0.497 e. The lowest BCUT2D eigenvalue weighted by molar-refractivity contribution is -0.140. The van der Waals surface area contributed by atoms with E-state index in [1.165, 1.54) is 27.2 Å². The fourth-order valence-corrected chi connectivity index (χ4v) is 6.01. The van der Waals surface area contributed by atoms with Crippen LogP contribution >= 0.6 is 0 Å². The number of nitrogens with zero attached hydrogens (tertiary/aromatic N) is 1. The van der Waals surface area contributed by atoms with Crippen LogP contribution in [-0.2, 0) is 32.2 Å². The highest BCUT2D eigenvalue weighted by Crippen LogP contribution is 2.35. The van der Waals surface area contributed by atoms with Crippen LogP contribution in [0.4, 0.5) is 13.2 Å². The summed E-state index contributed by atoms with van der Waals surface area (Å²) in [5.41, 5.74) is -0.591. The number of carbonyl (C=O) groups excluding carboxylic acids is 2. The molecule has 1 atom stereocenters. The Balaban J connectivity index is 1.70. The summed E-state index contributed by atoms with van der Waals surface area (Å²) in [5.74, 6) is 0.153. The molecule has 1 aliphatic rings. The minimum Gasteiger partial charge on any atom is -0.497 e. The first-order chi connectivity index (χ1) is 17.9. The Hall–Kier alpha value is -3.32. The summed E-state index contributed by atoms with van der Waals surface area (Å²) in [4.78, 5) is 24.1. The Morgan fingerprint density at radius 3 is 2.32 bits per heavy atom. The van der Waals surface area contributed by atoms with E-state index >= 15 is 0 Å². The molecule has 0 unspecified atom stereocenters. The second kappa shape index (κ2) is 12.0. The van der Waals surface area contributed by atoms with Gasteiger partial charge in [0.25, 0.3) is 0 Å². The summed E-state index contributed by atoms with van der Waals surface area (Å²) in [7, 11) is -1.42. The standard InChI is InChI=1S/C25H30F3N3O6S/c1-16(32)29-21(15-17-14-19(36-2)8-9-22(17)37-3)24(33)30-18-10-12-31(13-11-18)38(34,35)23-7-5-4-6-20(23)25(26,27)28/h4-9,14,18,21H,10-13,15H2,1-3H3,(H,29,32)(H,30,33)/t21-/m0/s1. The molecule has 2 aromatic carbocycles. The Labute approximate surface area is 219 Å². The Morgan fingerprint density at radius 1 is 1.08 bits per heavy atom.